The highest BCUT2D eigenvalue weighted by Crippen LogP contribution is 2.27. The molecule has 0 aliphatic carbocycles. The molecule has 2 fully saturated rings. The van der Waals surface area contributed by atoms with Crippen molar-refractivity contribution in [3.05, 3.63) is 42.0 Å². The van der Waals surface area contributed by atoms with Crippen molar-refractivity contribution >= 4 is 22.4 Å². The van der Waals surface area contributed by atoms with Gasteiger partial charge in [0.1, 0.15) is 6.07 Å². The molecule has 2 unspecified atom stereocenters. The topological polar surface area (TPSA) is 75.1 Å². The van der Waals surface area contributed by atoms with Gasteiger partial charge in [-0.15, -0.1) is 0 Å². The molecular weight excluding hydrogens is 344 g/mol. The average molecular weight is 366 g/mol. The van der Waals surface area contributed by atoms with Crippen LogP contribution in [0.4, 0.5) is 5.69 Å². The zero-order chi connectivity index (χ0) is 18.6. The summed E-state index contributed by atoms with van der Waals surface area (Å²) in [5.74, 6) is -0.361. The van der Waals surface area contributed by atoms with E-state index >= 15 is 0 Å². The van der Waals surface area contributed by atoms with E-state index < -0.39 is 6.10 Å². The van der Waals surface area contributed by atoms with Gasteiger partial charge in [0, 0.05) is 30.8 Å². The number of morpholine rings is 1. The number of benzene rings is 2. The molecular formula is C21H22N2O4. The van der Waals surface area contributed by atoms with E-state index in [1.54, 1.807) is 0 Å². The molecule has 140 valence electrons. The molecule has 2 heterocycles. The normalized spacial score (nSPS) is 20.1. The molecule has 2 atom stereocenters. The molecule has 0 radical (unpaired) electrons. The fourth-order valence-corrected chi connectivity index (χ4v) is 3.31. The molecule has 0 spiro atoms. The van der Waals surface area contributed by atoms with Gasteiger partial charge in [-0.3, -0.25) is 4.79 Å². The number of fused-ring (bicyclic) bond motifs is 1. The molecule has 4 rings (SSSR count). The first-order valence-electron chi connectivity index (χ1n) is 9.30. The van der Waals surface area contributed by atoms with Gasteiger partial charge in [0.2, 0.25) is 6.10 Å². The number of nitrogens with zero attached hydrogens (tertiary/aromatic N) is 2. The van der Waals surface area contributed by atoms with Gasteiger partial charge in [0.15, 0.2) is 0 Å². The predicted octanol–water partition coefficient (Wildman–Crippen LogP) is 2.96. The maximum atomic E-state index is 12.0. The molecule has 0 bridgehead atoms. The number of esters is 1. The third-order valence-electron chi connectivity index (χ3n) is 4.97. The molecule has 0 aromatic heterocycles. The Bertz CT molecular complexity index is 866. The van der Waals surface area contributed by atoms with Crippen LogP contribution in [0.1, 0.15) is 24.5 Å². The van der Waals surface area contributed by atoms with Crippen molar-refractivity contribution in [1.29, 1.82) is 5.26 Å². The summed E-state index contributed by atoms with van der Waals surface area (Å²) in [6, 6.07) is 14.1. The monoisotopic (exact) mass is 366 g/mol. The summed E-state index contributed by atoms with van der Waals surface area (Å²) >= 11 is 0. The van der Waals surface area contributed by atoms with Crippen LogP contribution in [0.15, 0.2) is 36.4 Å². The Balaban J connectivity index is 1.47. The first kappa shape index (κ1) is 17.8. The lowest BCUT2D eigenvalue weighted by atomic mass is 10.0. The van der Waals surface area contributed by atoms with E-state index in [9.17, 15) is 10.1 Å². The van der Waals surface area contributed by atoms with Crippen LogP contribution >= 0.6 is 0 Å². The number of ether oxygens (including phenoxy) is 3. The van der Waals surface area contributed by atoms with Crippen molar-refractivity contribution in [2.24, 2.45) is 0 Å². The average Bonchev–Trinajstić information content (AvgIpc) is 3.55. The molecule has 6 nitrogen and oxygen atoms in total. The van der Waals surface area contributed by atoms with Crippen LogP contribution in [0.3, 0.4) is 0 Å². The summed E-state index contributed by atoms with van der Waals surface area (Å²) in [7, 11) is 0. The van der Waals surface area contributed by atoms with Gasteiger partial charge < -0.3 is 19.1 Å². The minimum Gasteiger partial charge on any atom is -0.442 e. The van der Waals surface area contributed by atoms with E-state index in [2.05, 4.69) is 23.1 Å². The molecule has 27 heavy (non-hydrogen) atoms. The third kappa shape index (κ3) is 4.38. The summed E-state index contributed by atoms with van der Waals surface area (Å²) < 4.78 is 15.9. The Morgan fingerprint density at radius 1 is 1.22 bits per heavy atom. The lowest BCUT2D eigenvalue weighted by Gasteiger charge is -2.29. The van der Waals surface area contributed by atoms with Gasteiger partial charge in [0.05, 0.1) is 25.9 Å². The second-order valence-electron chi connectivity index (χ2n) is 6.88. The van der Waals surface area contributed by atoms with Gasteiger partial charge in [-0.25, -0.2) is 0 Å². The van der Waals surface area contributed by atoms with Crippen LogP contribution in [-0.4, -0.2) is 45.0 Å². The van der Waals surface area contributed by atoms with E-state index in [1.807, 2.05) is 24.3 Å². The maximum absolute atomic E-state index is 12.0. The molecule has 6 heteroatoms. The lowest BCUT2D eigenvalue weighted by Crippen LogP contribution is -2.36. The molecule has 2 aromatic rings. The Morgan fingerprint density at radius 2 is 1.96 bits per heavy atom. The fraction of sp³-hybridized carbons (Fsp3) is 0.429. The number of anilines is 1. The predicted molar refractivity (Wildman–Crippen MR) is 100 cm³/mol. The molecule has 2 aromatic carbocycles. The van der Waals surface area contributed by atoms with Gasteiger partial charge >= 0.3 is 5.97 Å². The highest BCUT2D eigenvalue weighted by molar-refractivity contribution is 5.86. The number of hydrogen-bond donors (Lipinski definition) is 0. The summed E-state index contributed by atoms with van der Waals surface area (Å²) in [6.45, 7) is 3.99. The van der Waals surface area contributed by atoms with Crippen LogP contribution in [0.5, 0.6) is 0 Å². The summed E-state index contributed by atoms with van der Waals surface area (Å²) in [6.07, 6.45) is 0.221. The number of hydrogen-bond acceptors (Lipinski definition) is 6. The van der Waals surface area contributed by atoms with Crippen molar-refractivity contribution in [1.82, 2.24) is 0 Å². The SMILES string of the molecule is N#CC(OC(=O)CCC1CO1)c1ccc2cc(N3CCOCC3)ccc2c1. The minimum absolute atomic E-state index is 0.180. The van der Waals surface area contributed by atoms with Crippen LogP contribution in [0.25, 0.3) is 10.8 Å². The van der Waals surface area contributed by atoms with Crippen molar-refractivity contribution < 1.29 is 19.0 Å². The number of rotatable bonds is 6. The molecule has 0 amide bonds. The highest BCUT2D eigenvalue weighted by Gasteiger charge is 2.24. The number of epoxide rings is 1. The Kier molecular flexibility index (Phi) is 5.23. The largest absolute Gasteiger partial charge is 0.442 e. The van der Waals surface area contributed by atoms with Crippen LogP contribution in [0, 0.1) is 11.3 Å². The standard InChI is InChI=1S/C21H22N2O4/c22-13-20(27-21(24)6-5-19-14-26-19)17-2-1-16-12-18(4-3-15(16)11-17)23-7-9-25-10-8-23/h1-4,11-12,19-20H,5-10,14H2. The van der Waals surface area contributed by atoms with Crippen molar-refractivity contribution in [3.63, 3.8) is 0 Å². The first-order chi connectivity index (χ1) is 13.2. The number of nitriles is 1. The van der Waals surface area contributed by atoms with Crippen LogP contribution < -0.4 is 4.90 Å². The summed E-state index contributed by atoms with van der Waals surface area (Å²) in [5.41, 5.74) is 1.87. The minimum atomic E-state index is -0.888. The zero-order valence-corrected chi connectivity index (χ0v) is 15.1. The van der Waals surface area contributed by atoms with Crippen molar-refractivity contribution in [3.8, 4) is 6.07 Å². The second-order valence-corrected chi connectivity index (χ2v) is 6.88. The highest BCUT2D eigenvalue weighted by atomic mass is 16.6. The van der Waals surface area contributed by atoms with E-state index in [-0.39, 0.29) is 18.5 Å². The van der Waals surface area contributed by atoms with Gasteiger partial charge in [-0.2, -0.15) is 5.26 Å². The van der Waals surface area contributed by atoms with E-state index in [0.717, 1.165) is 37.1 Å². The second kappa shape index (κ2) is 7.95. The van der Waals surface area contributed by atoms with Crippen molar-refractivity contribution in [2.75, 3.05) is 37.8 Å². The molecule has 0 saturated carbocycles. The quantitative estimate of drug-likeness (QED) is 0.578. The smallest absolute Gasteiger partial charge is 0.307 e. The molecule has 2 saturated heterocycles. The summed E-state index contributed by atoms with van der Waals surface area (Å²) in [4.78, 5) is 14.3. The molecule has 2 aliphatic heterocycles. The summed E-state index contributed by atoms with van der Waals surface area (Å²) in [5, 5.41) is 11.5. The Hall–Kier alpha value is -2.62. The van der Waals surface area contributed by atoms with Gasteiger partial charge in [-0.1, -0.05) is 18.2 Å². The van der Waals surface area contributed by atoms with E-state index in [1.165, 1.54) is 5.69 Å². The van der Waals surface area contributed by atoms with E-state index in [4.69, 9.17) is 14.2 Å². The third-order valence-corrected chi connectivity index (χ3v) is 4.97. The van der Waals surface area contributed by atoms with E-state index in [0.29, 0.717) is 18.6 Å². The number of carbonyl (C=O) groups excluding carboxylic acids is 1. The van der Waals surface area contributed by atoms with Crippen LogP contribution in [-0.2, 0) is 19.0 Å². The van der Waals surface area contributed by atoms with Gasteiger partial charge in [0.25, 0.3) is 0 Å². The fourth-order valence-electron chi connectivity index (χ4n) is 3.31. The lowest BCUT2D eigenvalue weighted by molar-refractivity contribution is -0.147. The first-order valence-corrected chi connectivity index (χ1v) is 9.30. The van der Waals surface area contributed by atoms with Crippen molar-refractivity contribution in [2.45, 2.75) is 25.0 Å². The number of carbonyl (C=O) groups is 1. The van der Waals surface area contributed by atoms with Gasteiger partial charge in [-0.05, 0) is 35.4 Å². The molecule has 0 N–H and O–H groups in total. The maximum Gasteiger partial charge on any atom is 0.307 e. The Labute approximate surface area is 158 Å². The Morgan fingerprint density at radius 3 is 2.70 bits per heavy atom. The van der Waals surface area contributed by atoms with Crippen LogP contribution in [0.2, 0.25) is 0 Å². The zero-order valence-electron chi connectivity index (χ0n) is 15.1. The molecule has 2 aliphatic rings.